The fourth-order valence-electron chi connectivity index (χ4n) is 2.36. The fraction of sp³-hybridized carbons (Fsp3) is 0.222. The van der Waals surface area contributed by atoms with Crippen molar-refractivity contribution in [1.82, 2.24) is 10.3 Å². The molecule has 0 radical (unpaired) electrons. The van der Waals surface area contributed by atoms with Crippen LogP contribution in [0.2, 0.25) is 5.02 Å². The molecule has 0 unspecified atom stereocenters. The van der Waals surface area contributed by atoms with Crippen molar-refractivity contribution < 1.29 is 4.79 Å². The first-order chi connectivity index (χ1) is 11.6. The molecule has 0 aliphatic carbocycles. The van der Waals surface area contributed by atoms with Crippen molar-refractivity contribution in [3.05, 3.63) is 59.1 Å². The van der Waals surface area contributed by atoms with Crippen molar-refractivity contribution in [1.29, 1.82) is 0 Å². The van der Waals surface area contributed by atoms with E-state index in [9.17, 15) is 4.79 Å². The maximum atomic E-state index is 12.1. The Morgan fingerprint density at radius 1 is 1.21 bits per heavy atom. The molecule has 24 heavy (non-hydrogen) atoms. The van der Waals surface area contributed by atoms with Crippen molar-refractivity contribution in [3.63, 3.8) is 0 Å². The number of rotatable bonds is 6. The molecule has 0 saturated carbocycles. The second-order valence-corrected chi connectivity index (χ2v) is 6.99. The van der Waals surface area contributed by atoms with Crippen molar-refractivity contribution in [2.24, 2.45) is 0 Å². The van der Waals surface area contributed by atoms with Gasteiger partial charge in [-0.1, -0.05) is 47.2 Å². The van der Waals surface area contributed by atoms with E-state index in [1.54, 1.807) is 11.3 Å². The summed E-state index contributed by atoms with van der Waals surface area (Å²) in [6, 6.07) is 15.7. The van der Waals surface area contributed by atoms with Crippen molar-refractivity contribution in [2.75, 3.05) is 25.0 Å². The topological polar surface area (TPSA) is 45.2 Å². The summed E-state index contributed by atoms with van der Waals surface area (Å²) in [5.41, 5.74) is 2.12. The van der Waals surface area contributed by atoms with E-state index in [1.165, 1.54) is 0 Å². The maximum Gasteiger partial charge on any atom is 0.239 e. The van der Waals surface area contributed by atoms with Gasteiger partial charge in [-0.25, -0.2) is 4.98 Å². The summed E-state index contributed by atoms with van der Waals surface area (Å²) in [5, 5.41) is 4.52. The molecule has 4 nitrogen and oxygen atoms in total. The van der Waals surface area contributed by atoms with E-state index < -0.39 is 0 Å². The second kappa shape index (κ2) is 7.64. The summed E-state index contributed by atoms with van der Waals surface area (Å²) in [6.07, 6.45) is 0.785. The Bertz CT molecular complexity index is 799. The fourth-order valence-corrected chi connectivity index (χ4v) is 3.41. The Morgan fingerprint density at radius 3 is 2.71 bits per heavy atom. The van der Waals surface area contributed by atoms with E-state index in [0.29, 0.717) is 13.1 Å². The molecule has 0 saturated heterocycles. The van der Waals surface area contributed by atoms with Gasteiger partial charge in [0.05, 0.1) is 16.8 Å². The highest BCUT2D eigenvalue weighted by atomic mass is 35.5. The highest BCUT2D eigenvalue weighted by Gasteiger charge is 2.11. The Kier molecular flexibility index (Phi) is 5.33. The smallest absolute Gasteiger partial charge is 0.239 e. The molecule has 3 rings (SSSR count). The van der Waals surface area contributed by atoms with Gasteiger partial charge in [0.15, 0.2) is 5.13 Å². The largest absolute Gasteiger partial charge is 0.354 e. The highest BCUT2D eigenvalue weighted by molar-refractivity contribution is 7.22. The van der Waals surface area contributed by atoms with Crippen LogP contribution in [0.15, 0.2) is 48.5 Å². The Balaban J connectivity index is 1.49. The van der Waals surface area contributed by atoms with Gasteiger partial charge >= 0.3 is 0 Å². The summed E-state index contributed by atoms with van der Waals surface area (Å²) in [5.74, 6) is -0.00859. The van der Waals surface area contributed by atoms with Gasteiger partial charge in [0.25, 0.3) is 0 Å². The minimum atomic E-state index is -0.00859. The normalized spacial score (nSPS) is 10.8. The van der Waals surface area contributed by atoms with Crippen LogP contribution < -0.4 is 10.2 Å². The lowest BCUT2D eigenvalue weighted by Gasteiger charge is -2.15. The number of hydrogen-bond acceptors (Lipinski definition) is 4. The van der Waals surface area contributed by atoms with Gasteiger partial charge in [-0.15, -0.1) is 0 Å². The molecule has 0 atom stereocenters. The Labute approximate surface area is 150 Å². The molecule has 124 valence electrons. The zero-order valence-corrected chi connectivity index (χ0v) is 14.9. The second-order valence-electron chi connectivity index (χ2n) is 5.55. The molecule has 1 aromatic heterocycles. The number of hydrogen-bond donors (Lipinski definition) is 1. The van der Waals surface area contributed by atoms with Crippen molar-refractivity contribution in [3.8, 4) is 0 Å². The number of fused-ring (bicyclic) bond motifs is 1. The van der Waals surface area contributed by atoms with Crippen LogP contribution in [0.3, 0.4) is 0 Å². The summed E-state index contributed by atoms with van der Waals surface area (Å²) >= 11 is 7.45. The van der Waals surface area contributed by atoms with Gasteiger partial charge in [0.1, 0.15) is 0 Å². The minimum Gasteiger partial charge on any atom is -0.354 e. The monoisotopic (exact) mass is 359 g/mol. The zero-order valence-electron chi connectivity index (χ0n) is 13.3. The minimum absolute atomic E-state index is 0.00859. The van der Waals surface area contributed by atoms with Crippen LogP contribution in [0.4, 0.5) is 5.13 Å². The number of benzene rings is 2. The number of nitrogens with one attached hydrogen (secondary N) is 1. The maximum absolute atomic E-state index is 12.1. The summed E-state index contributed by atoms with van der Waals surface area (Å²) in [4.78, 5) is 18.5. The molecule has 0 aliphatic heterocycles. The van der Waals surface area contributed by atoms with E-state index in [0.717, 1.165) is 32.4 Å². The summed E-state index contributed by atoms with van der Waals surface area (Å²) in [6.45, 7) is 0.897. The molecular weight excluding hydrogens is 342 g/mol. The summed E-state index contributed by atoms with van der Waals surface area (Å²) in [7, 11) is 1.89. The average molecular weight is 360 g/mol. The van der Waals surface area contributed by atoms with E-state index >= 15 is 0 Å². The third-order valence-electron chi connectivity index (χ3n) is 3.64. The number of carbonyl (C=O) groups is 1. The van der Waals surface area contributed by atoms with Crippen LogP contribution in [-0.4, -0.2) is 31.0 Å². The molecule has 0 aliphatic rings. The molecule has 6 heteroatoms. The van der Waals surface area contributed by atoms with Crippen LogP contribution >= 0.6 is 22.9 Å². The third kappa shape index (κ3) is 4.24. The van der Waals surface area contributed by atoms with E-state index in [-0.39, 0.29) is 5.91 Å². The van der Waals surface area contributed by atoms with E-state index in [2.05, 4.69) is 10.3 Å². The van der Waals surface area contributed by atoms with Gasteiger partial charge in [0.2, 0.25) is 5.91 Å². The number of amides is 1. The lowest BCUT2D eigenvalue weighted by Crippen LogP contribution is -2.36. The van der Waals surface area contributed by atoms with Gasteiger partial charge < -0.3 is 10.2 Å². The number of anilines is 1. The van der Waals surface area contributed by atoms with Crippen LogP contribution in [0.1, 0.15) is 5.56 Å². The van der Waals surface area contributed by atoms with Crippen molar-refractivity contribution in [2.45, 2.75) is 6.42 Å². The number of nitrogens with zero attached hydrogens (tertiary/aromatic N) is 2. The highest BCUT2D eigenvalue weighted by Crippen LogP contribution is 2.27. The SMILES string of the molecule is CN(CC(=O)NCCc1ccc(Cl)cc1)c1nc2ccccc2s1. The standard InChI is InChI=1S/C18H18ClN3OS/c1-22(18-21-15-4-2-3-5-16(15)24-18)12-17(23)20-11-10-13-6-8-14(19)9-7-13/h2-9H,10-12H2,1H3,(H,20,23). The molecule has 3 aromatic rings. The predicted octanol–water partition coefficient (Wildman–Crippen LogP) is 3.74. The number of aromatic nitrogens is 1. The number of para-hydroxylation sites is 1. The quantitative estimate of drug-likeness (QED) is 0.729. The van der Waals surface area contributed by atoms with Gasteiger partial charge in [-0.05, 0) is 36.2 Å². The van der Waals surface area contributed by atoms with Gasteiger partial charge in [-0.3, -0.25) is 4.79 Å². The lowest BCUT2D eigenvalue weighted by molar-refractivity contribution is -0.119. The number of likely N-dealkylation sites (N-methyl/N-ethyl adjacent to an activating group) is 1. The molecular formula is C18H18ClN3OS. The molecule has 0 fully saturated rings. The van der Waals surface area contributed by atoms with Gasteiger partial charge in [0, 0.05) is 18.6 Å². The predicted molar refractivity (Wildman–Crippen MR) is 101 cm³/mol. The Hall–Kier alpha value is -2.11. The molecule has 1 N–H and O–H groups in total. The van der Waals surface area contributed by atoms with Crippen LogP contribution in [0.5, 0.6) is 0 Å². The van der Waals surface area contributed by atoms with Crippen LogP contribution in [-0.2, 0) is 11.2 Å². The number of carbonyl (C=O) groups excluding carboxylic acids is 1. The van der Waals surface area contributed by atoms with Crippen LogP contribution in [0.25, 0.3) is 10.2 Å². The lowest BCUT2D eigenvalue weighted by atomic mass is 10.1. The summed E-state index contributed by atoms with van der Waals surface area (Å²) < 4.78 is 1.13. The average Bonchev–Trinajstić information content (AvgIpc) is 3.01. The first kappa shape index (κ1) is 16.7. The van der Waals surface area contributed by atoms with Crippen molar-refractivity contribution >= 4 is 44.2 Å². The van der Waals surface area contributed by atoms with E-state index in [1.807, 2.05) is 60.5 Å². The number of halogens is 1. The number of thiazole rings is 1. The zero-order chi connectivity index (χ0) is 16.9. The van der Waals surface area contributed by atoms with E-state index in [4.69, 9.17) is 11.6 Å². The molecule has 1 heterocycles. The third-order valence-corrected chi connectivity index (χ3v) is 5.04. The first-order valence-corrected chi connectivity index (χ1v) is 8.89. The molecule has 2 aromatic carbocycles. The molecule has 1 amide bonds. The van der Waals surface area contributed by atoms with Crippen LogP contribution in [0, 0.1) is 0 Å². The molecule has 0 bridgehead atoms. The first-order valence-electron chi connectivity index (χ1n) is 7.69. The Morgan fingerprint density at radius 2 is 1.96 bits per heavy atom. The van der Waals surface area contributed by atoms with Gasteiger partial charge in [-0.2, -0.15) is 0 Å². The molecule has 0 spiro atoms.